The van der Waals surface area contributed by atoms with Gasteiger partial charge in [-0.15, -0.1) is 0 Å². The van der Waals surface area contributed by atoms with E-state index >= 15 is 0 Å². The van der Waals surface area contributed by atoms with Crippen LogP contribution in [-0.2, 0) is 20.7 Å². The van der Waals surface area contributed by atoms with Gasteiger partial charge >= 0.3 is 0 Å². The molecule has 116 valence electrons. The van der Waals surface area contributed by atoms with Gasteiger partial charge in [0.15, 0.2) is 0 Å². The van der Waals surface area contributed by atoms with E-state index in [4.69, 9.17) is 14.2 Å². The summed E-state index contributed by atoms with van der Waals surface area (Å²) >= 11 is 0. The summed E-state index contributed by atoms with van der Waals surface area (Å²) in [5.74, 6) is 0.978. The van der Waals surface area contributed by atoms with Crippen molar-refractivity contribution in [3.63, 3.8) is 0 Å². The van der Waals surface area contributed by atoms with E-state index in [9.17, 15) is 4.79 Å². The summed E-state index contributed by atoms with van der Waals surface area (Å²) in [6, 6.07) is 7.87. The number of rotatable bonds is 6. The van der Waals surface area contributed by atoms with E-state index < -0.39 is 0 Å². The Morgan fingerprint density at radius 3 is 3.05 bits per heavy atom. The Balaban J connectivity index is 1.90. The Kier molecular flexibility index (Phi) is 6.02. The van der Waals surface area contributed by atoms with Crippen LogP contribution in [0.2, 0.25) is 0 Å². The summed E-state index contributed by atoms with van der Waals surface area (Å²) in [5.41, 5.74) is 1.11. The highest BCUT2D eigenvalue weighted by molar-refractivity contribution is 5.77. The zero-order valence-corrected chi connectivity index (χ0v) is 12.7. The first kappa shape index (κ1) is 15.8. The highest BCUT2D eigenvalue weighted by Gasteiger charge is 2.26. The number of methoxy groups -OCH3 is 2. The number of carbonyl (C=O) groups excluding carboxylic acids is 1. The first-order chi connectivity index (χ1) is 10.2. The van der Waals surface area contributed by atoms with Crippen LogP contribution in [0, 0.1) is 0 Å². The van der Waals surface area contributed by atoms with Crippen LogP contribution in [0.4, 0.5) is 0 Å². The van der Waals surface area contributed by atoms with Gasteiger partial charge in [-0.25, -0.2) is 0 Å². The van der Waals surface area contributed by atoms with E-state index in [1.54, 1.807) is 14.2 Å². The average Bonchev–Trinajstić information content (AvgIpc) is 2.53. The molecule has 5 nitrogen and oxygen atoms in total. The normalized spacial score (nSPS) is 18.6. The van der Waals surface area contributed by atoms with E-state index in [0.717, 1.165) is 11.3 Å². The van der Waals surface area contributed by atoms with Gasteiger partial charge in [0, 0.05) is 20.1 Å². The van der Waals surface area contributed by atoms with Crippen LogP contribution in [0.1, 0.15) is 12.0 Å². The zero-order valence-electron chi connectivity index (χ0n) is 12.7. The number of benzene rings is 1. The summed E-state index contributed by atoms with van der Waals surface area (Å²) in [6.45, 7) is 2.32. The molecular formula is C16H23NO4. The van der Waals surface area contributed by atoms with Crippen molar-refractivity contribution in [2.24, 2.45) is 0 Å². The molecule has 0 N–H and O–H groups in total. The van der Waals surface area contributed by atoms with Crippen molar-refractivity contribution in [2.45, 2.75) is 18.9 Å². The number of hydrogen-bond donors (Lipinski definition) is 0. The van der Waals surface area contributed by atoms with Gasteiger partial charge in [0.25, 0.3) is 0 Å². The second-order valence-corrected chi connectivity index (χ2v) is 5.12. The molecule has 0 aromatic heterocycles. The fourth-order valence-corrected chi connectivity index (χ4v) is 2.54. The lowest BCUT2D eigenvalue weighted by molar-refractivity contribution is -0.142. The smallest absolute Gasteiger partial charge is 0.223 e. The molecule has 2 rings (SSSR count). The number of amides is 1. The molecule has 1 unspecified atom stereocenters. The second kappa shape index (κ2) is 8.00. The standard InChI is InChI=1S/C16H23NO4/c1-19-11-14-12-21-9-8-17(14)16(18)7-6-13-4-3-5-15(10-13)20-2/h3-5,10,14H,6-9,11-12H2,1-2H3. The van der Waals surface area contributed by atoms with E-state index in [-0.39, 0.29) is 11.9 Å². The third-order valence-corrected chi connectivity index (χ3v) is 3.67. The van der Waals surface area contributed by atoms with E-state index in [1.165, 1.54) is 0 Å². The van der Waals surface area contributed by atoms with Crippen LogP contribution < -0.4 is 4.74 Å². The highest BCUT2D eigenvalue weighted by atomic mass is 16.5. The average molecular weight is 293 g/mol. The molecule has 0 saturated carbocycles. The molecule has 0 aliphatic carbocycles. The maximum absolute atomic E-state index is 12.4. The van der Waals surface area contributed by atoms with Crippen molar-refractivity contribution in [1.29, 1.82) is 0 Å². The van der Waals surface area contributed by atoms with Gasteiger partial charge in [-0.05, 0) is 24.1 Å². The zero-order chi connectivity index (χ0) is 15.1. The van der Waals surface area contributed by atoms with Crippen LogP contribution in [0.5, 0.6) is 5.75 Å². The van der Waals surface area contributed by atoms with Crippen molar-refractivity contribution in [3.05, 3.63) is 29.8 Å². The van der Waals surface area contributed by atoms with Crippen LogP contribution in [0.25, 0.3) is 0 Å². The Morgan fingerprint density at radius 1 is 1.43 bits per heavy atom. The van der Waals surface area contributed by atoms with Gasteiger partial charge < -0.3 is 19.1 Å². The molecule has 0 bridgehead atoms. The quantitative estimate of drug-likeness (QED) is 0.797. The minimum absolute atomic E-state index is 0.0292. The van der Waals surface area contributed by atoms with Crippen molar-refractivity contribution in [2.75, 3.05) is 40.6 Å². The second-order valence-electron chi connectivity index (χ2n) is 5.12. The Morgan fingerprint density at radius 2 is 2.29 bits per heavy atom. The van der Waals surface area contributed by atoms with Gasteiger partial charge in [0.2, 0.25) is 5.91 Å². The van der Waals surface area contributed by atoms with Crippen LogP contribution >= 0.6 is 0 Å². The molecule has 1 heterocycles. The molecule has 21 heavy (non-hydrogen) atoms. The maximum atomic E-state index is 12.4. The molecule has 1 saturated heterocycles. The number of carbonyl (C=O) groups is 1. The first-order valence-corrected chi connectivity index (χ1v) is 7.23. The lowest BCUT2D eigenvalue weighted by Crippen LogP contribution is -2.50. The molecule has 1 amide bonds. The van der Waals surface area contributed by atoms with Crippen LogP contribution in [-0.4, -0.2) is 57.4 Å². The van der Waals surface area contributed by atoms with Crippen molar-refractivity contribution < 1.29 is 19.0 Å². The van der Waals surface area contributed by atoms with Crippen LogP contribution in [0.3, 0.4) is 0 Å². The summed E-state index contributed by atoms with van der Waals surface area (Å²) in [5, 5.41) is 0. The molecule has 1 aromatic rings. The van der Waals surface area contributed by atoms with E-state index in [0.29, 0.717) is 39.2 Å². The summed E-state index contributed by atoms with van der Waals surface area (Å²) in [6.07, 6.45) is 1.21. The fraction of sp³-hybridized carbons (Fsp3) is 0.562. The van der Waals surface area contributed by atoms with E-state index in [2.05, 4.69) is 0 Å². The van der Waals surface area contributed by atoms with Crippen LogP contribution in [0.15, 0.2) is 24.3 Å². The molecule has 0 radical (unpaired) electrons. The molecule has 1 atom stereocenters. The molecule has 0 spiro atoms. The number of ether oxygens (including phenoxy) is 3. The molecule has 1 aliphatic heterocycles. The van der Waals surface area contributed by atoms with Gasteiger partial charge in [-0.3, -0.25) is 4.79 Å². The molecule has 5 heteroatoms. The SMILES string of the molecule is COCC1COCCN1C(=O)CCc1cccc(OC)c1. The van der Waals surface area contributed by atoms with Crippen molar-refractivity contribution >= 4 is 5.91 Å². The van der Waals surface area contributed by atoms with Gasteiger partial charge in [-0.2, -0.15) is 0 Å². The van der Waals surface area contributed by atoms with Gasteiger partial charge in [0.1, 0.15) is 5.75 Å². The summed E-state index contributed by atoms with van der Waals surface area (Å²) < 4.78 is 15.8. The minimum Gasteiger partial charge on any atom is -0.497 e. The van der Waals surface area contributed by atoms with E-state index in [1.807, 2.05) is 29.2 Å². The van der Waals surface area contributed by atoms with Crippen molar-refractivity contribution in [1.82, 2.24) is 4.90 Å². The predicted octanol–water partition coefficient (Wildman–Crippen LogP) is 1.50. The fourth-order valence-electron chi connectivity index (χ4n) is 2.54. The summed E-state index contributed by atoms with van der Waals surface area (Å²) in [4.78, 5) is 14.3. The van der Waals surface area contributed by atoms with Crippen molar-refractivity contribution in [3.8, 4) is 5.75 Å². The third-order valence-electron chi connectivity index (χ3n) is 3.67. The maximum Gasteiger partial charge on any atom is 0.223 e. The number of morpholine rings is 1. The Bertz CT molecular complexity index is 461. The lowest BCUT2D eigenvalue weighted by Gasteiger charge is -2.35. The molecular weight excluding hydrogens is 270 g/mol. The lowest BCUT2D eigenvalue weighted by atomic mass is 10.1. The minimum atomic E-state index is 0.0292. The first-order valence-electron chi connectivity index (χ1n) is 7.23. The highest BCUT2D eigenvalue weighted by Crippen LogP contribution is 2.15. The number of nitrogens with zero attached hydrogens (tertiary/aromatic N) is 1. The van der Waals surface area contributed by atoms with Gasteiger partial charge in [0.05, 0.1) is 33.0 Å². The van der Waals surface area contributed by atoms with Gasteiger partial charge in [-0.1, -0.05) is 12.1 Å². The Labute approximate surface area is 125 Å². The molecule has 1 fully saturated rings. The summed E-state index contributed by atoms with van der Waals surface area (Å²) in [7, 11) is 3.29. The topological polar surface area (TPSA) is 48.0 Å². The predicted molar refractivity (Wildman–Crippen MR) is 79.5 cm³/mol. The third kappa shape index (κ3) is 4.44. The molecule has 1 aromatic carbocycles. The monoisotopic (exact) mass is 293 g/mol. The Hall–Kier alpha value is -1.59. The largest absolute Gasteiger partial charge is 0.497 e. The number of hydrogen-bond acceptors (Lipinski definition) is 4. The number of aryl methyl sites for hydroxylation is 1. The molecule has 1 aliphatic rings.